The van der Waals surface area contributed by atoms with E-state index in [2.05, 4.69) is 10.6 Å². The molecular weight excluding hydrogens is 330 g/mol. The van der Waals surface area contributed by atoms with Crippen LogP contribution in [-0.2, 0) is 0 Å². The lowest BCUT2D eigenvalue weighted by Crippen LogP contribution is -2.45. The fourth-order valence-electron chi connectivity index (χ4n) is 3.50. The van der Waals surface area contributed by atoms with Gasteiger partial charge in [-0.25, -0.2) is 0 Å². The third-order valence-electron chi connectivity index (χ3n) is 4.92. The maximum atomic E-state index is 12.6. The van der Waals surface area contributed by atoms with E-state index in [0.717, 1.165) is 12.8 Å². The summed E-state index contributed by atoms with van der Waals surface area (Å²) in [5.74, 6) is 0.148. The van der Waals surface area contributed by atoms with Crippen LogP contribution in [0.25, 0.3) is 0 Å². The highest BCUT2D eigenvalue weighted by Gasteiger charge is 2.24. The highest BCUT2D eigenvalue weighted by Crippen LogP contribution is 2.26. The maximum absolute atomic E-state index is 12.6. The van der Waals surface area contributed by atoms with Crippen LogP contribution in [0.1, 0.15) is 53.0 Å². The predicted octanol–water partition coefficient (Wildman–Crippen LogP) is 3.17. The zero-order chi connectivity index (χ0) is 18.4. The summed E-state index contributed by atoms with van der Waals surface area (Å²) in [6.45, 7) is 0.436. The zero-order valence-corrected chi connectivity index (χ0v) is 14.7. The third-order valence-corrected chi connectivity index (χ3v) is 4.92. The standard InChI is InChI=1S/C20H25N3O3/c21-13-17(14-6-2-1-3-7-14)23-19(24)15-8-4-9-16(12-15)22-20(25)18-10-5-11-26-18/h4-5,8-12,14,17H,1-3,6-7,13,21H2,(H,22,25)(H,23,24). The van der Waals surface area contributed by atoms with Crippen molar-refractivity contribution in [2.45, 2.75) is 38.1 Å². The average molecular weight is 355 g/mol. The van der Waals surface area contributed by atoms with Gasteiger partial charge in [0.05, 0.1) is 6.26 Å². The van der Waals surface area contributed by atoms with Gasteiger partial charge in [-0.1, -0.05) is 25.3 Å². The van der Waals surface area contributed by atoms with Crippen LogP contribution in [0.4, 0.5) is 5.69 Å². The highest BCUT2D eigenvalue weighted by molar-refractivity contribution is 6.03. The number of rotatable bonds is 6. The van der Waals surface area contributed by atoms with Crippen molar-refractivity contribution >= 4 is 17.5 Å². The van der Waals surface area contributed by atoms with Crippen molar-refractivity contribution in [3.05, 3.63) is 54.0 Å². The molecule has 6 nitrogen and oxygen atoms in total. The number of furan rings is 1. The van der Waals surface area contributed by atoms with Crippen LogP contribution in [0.15, 0.2) is 47.1 Å². The van der Waals surface area contributed by atoms with Crippen LogP contribution < -0.4 is 16.4 Å². The van der Waals surface area contributed by atoms with E-state index in [0.29, 0.717) is 23.7 Å². The molecule has 1 unspecified atom stereocenters. The van der Waals surface area contributed by atoms with Gasteiger partial charge in [0, 0.05) is 23.8 Å². The molecule has 0 bridgehead atoms. The Morgan fingerprint density at radius 2 is 1.92 bits per heavy atom. The van der Waals surface area contributed by atoms with Crippen LogP contribution in [0, 0.1) is 5.92 Å². The lowest BCUT2D eigenvalue weighted by Gasteiger charge is -2.30. The molecule has 1 atom stereocenters. The van der Waals surface area contributed by atoms with E-state index in [1.165, 1.54) is 25.5 Å². The van der Waals surface area contributed by atoms with Gasteiger partial charge in [-0.15, -0.1) is 0 Å². The van der Waals surface area contributed by atoms with Crippen molar-refractivity contribution in [3.63, 3.8) is 0 Å². The van der Waals surface area contributed by atoms with Gasteiger partial charge >= 0.3 is 0 Å². The minimum Gasteiger partial charge on any atom is -0.459 e. The Bertz CT molecular complexity index is 737. The summed E-state index contributed by atoms with van der Waals surface area (Å²) in [6, 6.07) is 10.1. The molecular formula is C20H25N3O3. The molecule has 2 amide bonds. The summed E-state index contributed by atoms with van der Waals surface area (Å²) >= 11 is 0. The largest absolute Gasteiger partial charge is 0.459 e. The number of hydrogen-bond donors (Lipinski definition) is 3. The highest BCUT2D eigenvalue weighted by atomic mass is 16.3. The van der Waals surface area contributed by atoms with Crippen molar-refractivity contribution in [2.75, 3.05) is 11.9 Å². The number of anilines is 1. The number of carbonyl (C=O) groups is 2. The molecule has 26 heavy (non-hydrogen) atoms. The Kier molecular flexibility index (Phi) is 6.07. The summed E-state index contributed by atoms with van der Waals surface area (Å²) in [5.41, 5.74) is 6.94. The fourth-order valence-corrected chi connectivity index (χ4v) is 3.50. The molecule has 1 aromatic carbocycles. The quantitative estimate of drug-likeness (QED) is 0.741. The second-order valence-corrected chi connectivity index (χ2v) is 6.73. The molecule has 1 aliphatic carbocycles. The minimum absolute atomic E-state index is 0.0100. The van der Waals surface area contributed by atoms with Crippen LogP contribution in [0.5, 0.6) is 0 Å². The average Bonchev–Trinajstić information content (AvgIpc) is 3.22. The van der Waals surface area contributed by atoms with E-state index in [1.807, 2.05) is 0 Å². The van der Waals surface area contributed by atoms with E-state index in [1.54, 1.807) is 36.4 Å². The lowest BCUT2D eigenvalue weighted by molar-refractivity contribution is 0.0914. The van der Waals surface area contributed by atoms with Gasteiger partial charge in [-0.3, -0.25) is 9.59 Å². The van der Waals surface area contributed by atoms with Gasteiger partial charge < -0.3 is 20.8 Å². The lowest BCUT2D eigenvalue weighted by atomic mass is 9.84. The first kappa shape index (κ1) is 18.2. The summed E-state index contributed by atoms with van der Waals surface area (Å²) in [5, 5.41) is 5.80. The van der Waals surface area contributed by atoms with Gasteiger partial charge in [0.2, 0.25) is 0 Å². The molecule has 3 rings (SSSR count). The number of benzene rings is 1. The molecule has 0 spiro atoms. The summed E-state index contributed by atoms with van der Waals surface area (Å²) in [4.78, 5) is 24.7. The van der Waals surface area contributed by atoms with E-state index in [9.17, 15) is 9.59 Å². The van der Waals surface area contributed by atoms with Gasteiger partial charge in [0.1, 0.15) is 0 Å². The van der Waals surface area contributed by atoms with E-state index >= 15 is 0 Å². The Hall–Kier alpha value is -2.60. The van der Waals surface area contributed by atoms with E-state index < -0.39 is 0 Å². The molecule has 1 aliphatic rings. The van der Waals surface area contributed by atoms with Crippen molar-refractivity contribution in [1.82, 2.24) is 5.32 Å². The minimum atomic E-state index is -0.352. The van der Waals surface area contributed by atoms with Gasteiger partial charge in [0.15, 0.2) is 5.76 Å². The molecule has 1 fully saturated rings. The predicted molar refractivity (Wildman–Crippen MR) is 100.0 cm³/mol. The van der Waals surface area contributed by atoms with Crippen LogP contribution in [0.2, 0.25) is 0 Å². The first-order chi connectivity index (χ1) is 12.7. The fraction of sp³-hybridized carbons (Fsp3) is 0.400. The van der Waals surface area contributed by atoms with Crippen LogP contribution >= 0.6 is 0 Å². The first-order valence-corrected chi connectivity index (χ1v) is 9.13. The Labute approximate surface area is 153 Å². The molecule has 0 aliphatic heterocycles. The second kappa shape index (κ2) is 8.67. The third kappa shape index (κ3) is 4.52. The van der Waals surface area contributed by atoms with Crippen molar-refractivity contribution in [3.8, 4) is 0 Å². The Balaban J connectivity index is 1.64. The molecule has 4 N–H and O–H groups in total. The molecule has 2 aromatic rings. The number of hydrogen-bond acceptors (Lipinski definition) is 4. The Morgan fingerprint density at radius 3 is 2.62 bits per heavy atom. The van der Waals surface area contributed by atoms with Crippen molar-refractivity contribution in [1.29, 1.82) is 0 Å². The maximum Gasteiger partial charge on any atom is 0.291 e. The molecule has 1 saturated carbocycles. The van der Waals surface area contributed by atoms with Gasteiger partial charge in [-0.2, -0.15) is 0 Å². The first-order valence-electron chi connectivity index (χ1n) is 9.13. The molecule has 0 saturated heterocycles. The molecule has 138 valence electrons. The van der Waals surface area contributed by atoms with E-state index in [-0.39, 0.29) is 23.6 Å². The molecule has 0 radical (unpaired) electrons. The van der Waals surface area contributed by atoms with Crippen molar-refractivity contribution in [2.24, 2.45) is 11.7 Å². The molecule has 6 heteroatoms. The van der Waals surface area contributed by atoms with Crippen molar-refractivity contribution < 1.29 is 14.0 Å². The van der Waals surface area contributed by atoms with E-state index in [4.69, 9.17) is 10.2 Å². The summed E-state index contributed by atoms with van der Waals surface area (Å²) in [7, 11) is 0. The monoisotopic (exact) mass is 355 g/mol. The number of nitrogens with two attached hydrogens (primary N) is 1. The second-order valence-electron chi connectivity index (χ2n) is 6.73. The number of carbonyl (C=O) groups excluding carboxylic acids is 2. The smallest absolute Gasteiger partial charge is 0.291 e. The molecule has 1 heterocycles. The Morgan fingerprint density at radius 1 is 1.12 bits per heavy atom. The zero-order valence-electron chi connectivity index (χ0n) is 14.7. The number of amides is 2. The van der Waals surface area contributed by atoms with Crippen LogP contribution in [0.3, 0.4) is 0 Å². The van der Waals surface area contributed by atoms with Crippen LogP contribution in [-0.4, -0.2) is 24.4 Å². The molecule has 1 aromatic heterocycles. The normalized spacial score (nSPS) is 16.0. The summed E-state index contributed by atoms with van der Waals surface area (Å²) in [6.07, 6.45) is 7.33. The summed E-state index contributed by atoms with van der Waals surface area (Å²) < 4.78 is 5.07. The SMILES string of the molecule is NCC(NC(=O)c1cccc(NC(=O)c2ccco2)c1)C1CCCCC1. The number of nitrogens with one attached hydrogen (secondary N) is 2. The van der Waals surface area contributed by atoms with Gasteiger partial charge in [0.25, 0.3) is 11.8 Å². The van der Waals surface area contributed by atoms with Gasteiger partial charge in [-0.05, 0) is 49.1 Å². The topological polar surface area (TPSA) is 97.4 Å².